The largest absolute Gasteiger partial charge is 0.310 e. The van der Waals surface area contributed by atoms with Crippen LogP contribution in [0, 0.1) is 0 Å². The molecule has 3 heterocycles. The van der Waals surface area contributed by atoms with Crippen molar-refractivity contribution >= 4 is 56.6 Å². The molecule has 0 aliphatic carbocycles. The quantitative estimate of drug-likeness (QED) is 0.169. The van der Waals surface area contributed by atoms with Crippen LogP contribution in [0.1, 0.15) is 44.4 Å². The van der Waals surface area contributed by atoms with Crippen molar-refractivity contribution in [3.8, 4) is 27.9 Å². The van der Waals surface area contributed by atoms with Crippen molar-refractivity contribution in [2.24, 2.45) is 4.99 Å². The second-order valence-corrected chi connectivity index (χ2v) is 16.9. The molecular weight excluding hydrogens is 717 g/mol. The normalized spacial score (nSPS) is 14.6. The standard InChI is InChI=1S/C55H44N4/c1-54(2)47-21-10-13-24-51(47)57-36-56-55(3,4)52-44(33-34-48(54)53(52)57)39-27-31-41(32-28-39)58(40-29-25-38(26-30-40)37-15-6-5-7-16-37)42-17-14-18-43(35-42)59-49-22-11-8-19-45(49)46-20-9-12-23-50(46)59/h5-36H,1-4H3. The van der Waals surface area contributed by atoms with Gasteiger partial charge >= 0.3 is 0 Å². The van der Waals surface area contributed by atoms with E-state index in [4.69, 9.17) is 4.99 Å². The van der Waals surface area contributed by atoms with Gasteiger partial charge in [-0.1, -0.05) is 141 Å². The van der Waals surface area contributed by atoms with E-state index in [1.165, 1.54) is 72.1 Å². The maximum Gasteiger partial charge on any atom is 0.0951 e. The molecule has 0 spiro atoms. The average molecular weight is 761 g/mol. The Hall–Kier alpha value is -7.17. The number of hydrogen-bond acceptors (Lipinski definition) is 3. The molecule has 284 valence electrons. The summed E-state index contributed by atoms with van der Waals surface area (Å²) in [6.45, 7) is 9.19. The van der Waals surface area contributed by atoms with Crippen LogP contribution < -0.4 is 9.80 Å². The molecule has 0 saturated carbocycles. The first kappa shape index (κ1) is 35.0. The van der Waals surface area contributed by atoms with Gasteiger partial charge in [-0.15, -0.1) is 0 Å². The molecule has 0 N–H and O–H groups in total. The minimum atomic E-state index is -0.405. The van der Waals surface area contributed by atoms with Crippen LogP contribution in [0.5, 0.6) is 0 Å². The predicted molar refractivity (Wildman–Crippen MR) is 249 cm³/mol. The van der Waals surface area contributed by atoms with Crippen LogP contribution in [0.15, 0.2) is 193 Å². The average Bonchev–Trinajstić information content (AvgIpc) is 3.61. The summed E-state index contributed by atoms with van der Waals surface area (Å²) >= 11 is 0. The molecule has 0 saturated heterocycles. The Bertz CT molecular complexity index is 3040. The highest BCUT2D eigenvalue weighted by atomic mass is 15.2. The van der Waals surface area contributed by atoms with Crippen molar-refractivity contribution in [2.75, 3.05) is 9.80 Å². The van der Waals surface area contributed by atoms with Crippen molar-refractivity contribution in [2.45, 2.75) is 38.6 Å². The fourth-order valence-electron chi connectivity index (χ4n) is 9.71. The van der Waals surface area contributed by atoms with E-state index in [9.17, 15) is 0 Å². The van der Waals surface area contributed by atoms with E-state index >= 15 is 0 Å². The number of aromatic nitrogens is 1. The van der Waals surface area contributed by atoms with E-state index in [2.05, 4.69) is 230 Å². The number of anilines is 5. The third-order valence-electron chi connectivity index (χ3n) is 12.6. The maximum atomic E-state index is 5.18. The van der Waals surface area contributed by atoms with E-state index in [-0.39, 0.29) is 5.41 Å². The van der Waals surface area contributed by atoms with Crippen LogP contribution in [0.4, 0.5) is 28.4 Å². The van der Waals surface area contributed by atoms with Crippen molar-refractivity contribution < 1.29 is 0 Å². The number of fused-ring (bicyclic) bond motifs is 5. The topological polar surface area (TPSA) is 23.8 Å². The van der Waals surface area contributed by atoms with E-state index < -0.39 is 5.54 Å². The summed E-state index contributed by atoms with van der Waals surface area (Å²) in [6.07, 6.45) is 2.04. The van der Waals surface area contributed by atoms with Crippen LogP contribution in [0.25, 0.3) is 49.7 Å². The summed E-state index contributed by atoms with van der Waals surface area (Å²) in [5.74, 6) is 0. The van der Waals surface area contributed by atoms with E-state index in [1.54, 1.807) is 0 Å². The molecule has 2 aliphatic heterocycles. The van der Waals surface area contributed by atoms with E-state index in [0.717, 1.165) is 22.7 Å². The predicted octanol–water partition coefficient (Wildman–Crippen LogP) is 14.6. The number of benzene rings is 8. The van der Waals surface area contributed by atoms with Crippen LogP contribution in [0.2, 0.25) is 0 Å². The molecule has 8 aromatic carbocycles. The lowest BCUT2D eigenvalue weighted by molar-refractivity contribution is 0.547. The van der Waals surface area contributed by atoms with Gasteiger partial charge < -0.3 is 14.4 Å². The SMILES string of the molecule is CC1(C)N=CN2c3ccccc3C(C)(C)c3ccc(-c4ccc(N(c5ccc(-c6ccccc6)cc5)c5cccc(-n6c7ccccc7c7ccccc76)c5)cc4)c1c32. The molecular formula is C55H44N4. The summed E-state index contributed by atoms with van der Waals surface area (Å²) < 4.78 is 2.39. The maximum absolute atomic E-state index is 5.18. The number of aliphatic imine (C=N–C) groups is 1. The van der Waals surface area contributed by atoms with Gasteiger partial charge in [-0.25, -0.2) is 0 Å². The summed E-state index contributed by atoms with van der Waals surface area (Å²) in [6, 6.07) is 68.5. The first-order chi connectivity index (χ1) is 28.8. The fourth-order valence-corrected chi connectivity index (χ4v) is 9.71. The lowest BCUT2D eigenvalue weighted by Crippen LogP contribution is -2.38. The Kier molecular flexibility index (Phi) is 7.83. The monoisotopic (exact) mass is 760 g/mol. The van der Waals surface area contributed by atoms with Crippen LogP contribution >= 0.6 is 0 Å². The molecule has 2 aliphatic rings. The molecule has 0 radical (unpaired) electrons. The second-order valence-electron chi connectivity index (χ2n) is 16.9. The summed E-state index contributed by atoms with van der Waals surface area (Å²) in [7, 11) is 0. The van der Waals surface area contributed by atoms with Crippen LogP contribution in [-0.4, -0.2) is 10.9 Å². The van der Waals surface area contributed by atoms with Crippen molar-refractivity contribution in [1.29, 1.82) is 0 Å². The number of para-hydroxylation sites is 3. The lowest BCUT2D eigenvalue weighted by Gasteiger charge is -2.45. The van der Waals surface area contributed by atoms with Crippen LogP contribution in [0.3, 0.4) is 0 Å². The fraction of sp³-hybridized carbons (Fsp3) is 0.109. The van der Waals surface area contributed by atoms with Crippen molar-refractivity contribution in [3.63, 3.8) is 0 Å². The molecule has 4 nitrogen and oxygen atoms in total. The smallest absolute Gasteiger partial charge is 0.0951 e. The molecule has 0 unspecified atom stereocenters. The van der Waals surface area contributed by atoms with Crippen molar-refractivity contribution in [1.82, 2.24) is 4.57 Å². The highest BCUT2D eigenvalue weighted by molar-refractivity contribution is 6.09. The molecule has 11 rings (SSSR count). The van der Waals surface area contributed by atoms with Gasteiger partial charge in [0.2, 0.25) is 0 Å². The highest BCUT2D eigenvalue weighted by Gasteiger charge is 2.42. The van der Waals surface area contributed by atoms with Gasteiger partial charge in [0.1, 0.15) is 0 Å². The number of hydrogen-bond donors (Lipinski definition) is 0. The molecule has 9 aromatic rings. The molecule has 1 aromatic heterocycles. The zero-order chi connectivity index (χ0) is 39.9. The van der Waals surface area contributed by atoms with E-state index in [1.807, 2.05) is 6.34 Å². The number of nitrogens with zero attached hydrogens (tertiary/aromatic N) is 4. The summed E-state index contributed by atoms with van der Waals surface area (Å²) in [4.78, 5) is 9.87. The second kappa shape index (κ2) is 13.2. The Morgan fingerprint density at radius 1 is 0.475 bits per heavy atom. The summed E-state index contributed by atoms with van der Waals surface area (Å²) in [5.41, 5.74) is 17.4. The highest BCUT2D eigenvalue weighted by Crippen LogP contribution is 2.55. The molecule has 0 atom stereocenters. The van der Waals surface area contributed by atoms with Gasteiger partial charge in [-0.2, -0.15) is 0 Å². The molecule has 0 fully saturated rings. The zero-order valence-corrected chi connectivity index (χ0v) is 33.8. The third kappa shape index (κ3) is 5.47. The third-order valence-corrected chi connectivity index (χ3v) is 12.6. The first-order valence-electron chi connectivity index (χ1n) is 20.5. The summed E-state index contributed by atoms with van der Waals surface area (Å²) in [5, 5.41) is 2.51. The Morgan fingerprint density at radius 2 is 1.07 bits per heavy atom. The zero-order valence-electron chi connectivity index (χ0n) is 33.8. The van der Waals surface area contributed by atoms with Gasteiger partial charge in [0.05, 0.1) is 34.3 Å². The minimum absolute atomic E-state index is 0.148. The van der Waals surface area contributed by atoms with Gasteiger partial charge in [0, 0.05) is 44.5 Å². The van der Waals surface area contributed by atoms with Gasteiger partial charge in [0.25, 0.3) is 0 Å². The van der Waals surface area contributed by atoms with Gasteiger partial charge in [0.15, 0.2) is 0 Å². The lowest BCUT2D eigenvalue weighted by atomic mass is 9.70. The van der Waals surface area contributed by atoms with Gasteiger partial charge in [-0.3, -0.25) is 4.99 Å². The number of rotatable bonds is 6. The minimum Gasteiger partial charge on any atom is -0.310 e. The first-order valence-corrected chi connectivity index (χ1v) is 20.5. The molecule has 0 bridgehead atoms. The van der Waals surface area contributed by atoms with E-state index in [0.29, 0.717) is 0 Å². The Labute approximate surface area is 346 Å². The van der Waals surface area contributed by atoms with Gasteiger partial charge in [-0.05, 0) is 108 Å². The molecule has 4 heteroatoms. The molecule has 59 heavy (non-hydrogen) atoms. The van der Waals surface area contributed by atoms with Crippen molar-refractivity contribution in [3.05, 3.63) is 205 Å². The molecule has 0 amide bonds. The van der Waals surface area contributed by atoms with Crippen LogP contribution in [-0.2, 0) is 11.0 Å². The Morgan fingerprint density at radius 3 is 1.76 bits per heavy atom. The Balaban J connectivity index is 1.05.